The number of rotatable bonds is 5. The summed E-state index contributed by atoms with van der Waals surface area (Å²) in [7, 11) is 1.77. The second-order valence-corrected chi connectivity index (χ2v) is 7.31. The summed E-state index contributed by atoms with van der Waals surface area (Å²) in [5, 5.41) is 9.09. The molecule has 0 saturated carbocycles. The summed E-state index contributed by atoms with van der Waals surface area (Å²) in [6.45, 7) is 6.12. The number of amides is 2. The van der Waals surface area contributed by atoms with E-state index in [9.17, 15) is 4.79 Å². The van der Waals surface area contributed by atoms with Crippen LogP contribution in [0.4, 0.5) is 21.6 Å². The van der Waals surface area contributed by atoms with Crippen molar-refractivity contribution >= 4 is 34.1 Å². The van der Waals surface area contributed by atoms with Crippen molar-refractivity contribution in [2.75, 3.05) is 23.0 Å². The van der Waals surface area contributed by atoms with Gasteiger partial charge in [0.15, 0.2) is 5.13 Å². The predicted molar refractivity (Wildman–Crippen MR) is 111 cm³/mol. The van der Waals surface area contributed by atoms with Crippen LogP contribution in [0.1, 0.15) is 31.0 Å². The van der Waals surface area contributed by atoms with Crippen LogP contribution in [0.5, 0.6) is 0 Å². The lowest BCUT2D eigenvalue weighted by Crippen LogP contribution is -2.19. The molecule has 0 spiro atoms. The molecule has 3 N–H and O–H groups in total. The van der Waals surface area contributed by atoms with E-state index in [-0.39, 0.29) is 6.03 Å². The van der Waals surface area contributed by atoms with Gasteiger partial charge in [-0.1, -0.05) is 37.3 Å². The monoisotopic (exact) mass is 382 g/mol. The molecular weight excluding hydrogens is 360 g/mol. The Kier molecular flexibility index (Phi) is 5.66. The number of hydrogen-bond donors (Lipinski definition) is 3. The molecule has 0 unspecified atom stereocenters. The van der Waals surface area contributed by atoms with Gasteiger partial charge in [0.25, 0.3) is 0 Å². The number of aryl methyl sites for hydroxylation is 1. The van der Waals surface area contributed by atoms with Crippen LogP contribution < -0.4 is 16.0 Å². The zero-order valence-corrected chi connectivity index (χ0v) is 16.5. The molecule has 0 bridgehead atoms. The number of anilines is 3. The van der Waals surface area contributed by atoms with Gasteiger partial charge in [0.1, 0.15) is 0 Å². The molecule has 140 valence electrons. The zero-order chi connectivity index (χ0) is 19.4. The highest BCUT2D eigenvalue weighted by Crippen LogP contribution is 2.31. The van der Waals surface area contributed by atoms with E-state index in [1.807, 2.05) is 37.3 Å². The van der Waals surface area contributed by atoms with Crippen LogP contribution in [-0.4, -0.2) is 28.0 Å². The Morgan fingerprint density at radius 1 is 1.15 bits per heavy atom. The molecule has 0 aliphatic heterocycles. The van der Waals surface area contributed by atoms with E-state index < -0.39 is 0 Å². The minimum atomic E-state index is -0.324. The van der Waals surface area contributed by atoms with Crippen molar-refractivity contribution in [3.63, 3.8) is 0 Å². The van der Waals surface area contributed by atoms with Crippen LogP contribution in [0.2, 0.25) is 0 Å². The van der Waals surface area contributed by atoms with Gasteiger partial charge < -0.3 is 10.6 Å². The van der Waals surface area contributed by atoms with E-state index in [4.69, 9.17) is 0 Å². The van der Waals surface area contributed by atoms with Gasteiger partial charge in [-0.05, 0) is 36.6 Å². The summed E-state index contributed by atoms with van der Waals surface area (Å²) < 4.78 is 0. The van der Waals surface area contributed by atoms with Crippen molar-refractivity contribution in [3.8, 4) is 10.6 Å². The number of hydrogen-bond acceptors (Lipinski definition) is 6. The number of aromatic nitrogens is 3. The normalized spacial score (nSPS) is 10.7. The van der Waals surface area contributed by atoms with E-state index in [2.05, 4.69) is 44.7 Å². The first kappa shape index (κ1) is 18.8. The lowest BCUT2D eigenvalue weighted by molar-refractivity contribution is 0.262. The molecule has 2 aromatic heterocycles. The van der Waals surface area contributed by atoms with Gasteiger partial charge in [0.2, 0.25) is 5.95 Å². The quantitative estimate of drug-likeness (QED) is 0.594. The number of carbonyl (C=O) groups is 1. The number of urea groups is 1. The Morgan fingerprint density at radius 2 is 1.96 bits per heavy atom. The first-order chi connectivity index (χ1) is 13.0. The Bertz CT molecular complexity index is 953. The maximum atomic E-state index is 12.3. The van der Waals surface area contributed by atoms with Crippen LogP contribution in [0.25, 0.3) is 10.6 Å². The molecule has 1 aromatic carbocycles. The third-order valence-electron chi connectivity index (χ3n) is 3.94. The minimum Gasteiger partial charge on any atom is -0.357 e. The molecule has 27 heavy (non-hydrogen) atoms. The molecule has 8 heteroatoms. The fraction of sp³-hybridized carbons (Fsp3) is 0.263. The van der Waals surface area contributed by atoms with Crippen LogP contribution in [-0.2, 0) is 0 Å². The molecule has 0 fully saturated rings. The van der Waals surface area contributed by atoms with Crippen LogP contribution in [0, 0.1) is 6.92 Å². The topological polar surface area (TPSA) is 91.8 Å². The van der Waals surface area contributed by atoms with Gasteiger partial charge in [0.05, 0.1) is 16.3 Å². The fourth-order valence-corrected chi connectivity index (χ4v) is 3.46. The van der Waals surface area contributed by atoms with Crippen molar-refractivity contribution in [1.82, 2.24) is 15.0 Å². The van der Waals surface area contributed by atoms with E-state index in [1.165, 1.54) is 16.9 Å². The van der Waals surface area contributed by atoms with Gasteiger partial charge in [-0.25, -0.2) is 19.7 Å². The van der Waals surface area contributed by atoms with Gasteiger partial charge in [-0.2, -0.15) is 0 Å². The second kappa shape index (κ2) is 8.13. The maximum absolute atomic E-state index is 12.3. The van der Waals surface area contributed by atoms with E-state index in [0.29, 0.717) is 17.0 Å². The first-order valence-corrected chi connectivity index (χ1v) is 9.44. The van der Waals surface area contributed by atoms with Crippen molar-refractivity contribution in [1.29, 1.82) is 0 Å². The minimum absolute atomic E-state index is 0.324. The molecule has 7 nitrogen and oxygen atoms in total. The summed E-state index contributed by atoms with van der Waals surface area (Å²) in [6, 6.07) is 9.32. The third kappa shape index (κ3) is 4.59. The van der Waals surface area contributed by atoms with Crippen LogP contribution in [0.3, 0.4) is 0 Å². The lowest BCUT2D eigenvalue weighted by atomic mass is 10.0. The standard InChI is InChI=1S/C19H22N6OS/c1-11(2)13-6-5-7-14(10-13)23-18(26)25-19-22-12(3)16(27-19)15-8-9-21-17(20-4)24-15/h5-11H,1-4H3,(H,20,21,24)(H2,22,23,25,26). The largest absolute Gasteiger partial charge is 0.357 e. The average Bonchev–Trinajstić information content (AvgIpc) is 3.01. The van der Waals surface area contributed by atoms with E-state index >= 15 is 0 Å². The second-order valence-electron chi connectivity index (χ2n) is 6.31. The molecular formula is C19H22N6OS. The number of benzene rings is 1. The number of thiazole rings is 1. The summed E-state index contributed by atoms with van der Waals surface area (Å²) in [5.41, 5.74) is 3.49. The Morgan fingerprint density at radius 3 is 2.70 bits per heavy atom. The molecule has 3 rings (SSSR count). The number of carbonyl (C=O) groups excluding carboxylic acids is 1. The SMILES string of the molecule is CNc1nccc(-c2sc(NC(=O)Nc3cccc(C(C)C)c3)nc2C)n1. The summed E-state index contributed by atoms with van der Waals surface area (Å²) in [6.07, 6.45) is 1.69. The third-order valence-corrected chi connectivity index (χ3v) is 5.04. The van der Waals surface area contributed by atoms with Crippen LogP contribution >= 0.6 is 11.3 Å². The van der Waals surface area contributed by atoms with Crippen molar-refractivity contribution in [3.05, 3.63) is 47.8 Å². The van der Waals surface area contributed by atoms with Crippen molar-refractivity contribution in [2.45, 2.75) is 26.7 Å². The summed E-state index contributed by atoms with van der Waals surface area (Å²) >= 11 is 1.38. The lowest BCUT2D eigenvalue weighted by Gasteiger charge is -2.09. The molecule has 3 aromatic rings. The highest BCUT2D eigenvalue weighted by Gasteiger charge is 2.14. The summed E-state index contributed by atoms with van der Waals surface area (Å²) in [4.78, 5) is 26.2. The van der Waals surface area contributed by atoms with Gasteiger partial charge in [-0.15, -0.1) is 0 Å². The average molecular weight is 382 g/mol. The molecule has 0 aliphatic carbocycles. The Hall–Kier alpha value is -3.00. The maximum Gasteiger partial charge on any atom is 0.325 e. The van der Waals surface area contributed by atoms with E-state index in [0.717, 1.165) is 22.0 Å². The van der Waals surface area contributed by atoms with E-state index in [1.54, 1.807) is 13.2 Å². The smallest absolute Gasteiger partial charge is 0.325 e. The van der Waals surface area contributed by atoms with Gasteiger partial charge in [0, 0.05) is 18.9 Å². The zero-order valence-electron chi connectivity index (χ0n) is 15.7. The molecule has 2 heterocycles. The van der Waals surface area contributed by atoms with Gasteiger partial charge in [-0.3, -0.25) is 5.32 Å². The van der Waals surface area contributed by atoms with Crippen molar-refractivity contribution < 1.29 is 4.79 Å². The molecule has 0 radical (unpaired) electrons. The molecule has 0 atom stereocenters. The predicted octanol–water partition coefficient (Wildman–Crippen LogP) is 4.72. The first-order valence-electron chi connectivity index (χ1n) is 8.63. The molecule has 0 aliphatic rings. The van der Waals surface area contributed by atoms with Gasteiger partial charge >= 0.3 is 6.03 Å². The number of nitrogens with one attached hydrogen (secondary N) is 3. The summed E-state index contributed by atoms with van der Waals surface area (Å²) in [5.74, 6) is 0.937. The Labute approximate surface area is 162 Å². The van der Waals surface area contributed by atoms with Crippen molar-refractivity contribution in [2.24, 2.45) is 0 Å². The highest BCUT2D eigenvalue weighted by molar-refractivity contribution is 7.19. The molecule has 0 saturated heterocycles. The number of nitrogens with zero attached hydrogens (tertiary/aromatic N) is 3. The fourth-order valence-electron chi connectivity index (χ4n) is 2.53. The molecule has 2 amide bonds. The Balaban J connectivity index is 1.73. The highest BCUT2D eigenvalue weighted by atomic mass is 32.1. The van der Waals surface area contributed by atoms with Crippen LogP contribution in [0.15, 0.2) is 36.5 Å².